The number of thiazole rings is 1. The first-order valence-corrected chi connectivity index (χ1v) is 11.9. The monoisotopic (exact) mass is 477 g/mol. The van der Waals surface area contributed by atoms with Crippen molar-refractivity contribution in [2.45, 2.75) is 64.1 Å². The summed E-state index contributed by atoms with van der Waals surface area (Å²) in [6.45, 7) is 2.06. The number of benzene rings is 1. The Kier molecular flexibility index (Phi) is 9.17. The number of nitrogens with one attached hydrogen (secondary N) is 2. The van der Waals surface area contributed by atoms with Crippen molar-refractivity contribution < 1.29 is 28.2 Å². The zero-order chi connectivity index (χ0) is 23.6. The predicted molar refractivity (Wildman–Crippen MR) is 120 cm³/mol. The van der Waals surface area contributed by atoms with Crippen LogP contribution in [0.25, 0.3) is 0 Å². The lowest BCUT2D eigenvalue weighted by Gasteiger charge is -2.32. The van der Waals surface area contributed by atoms with E-state index in [0.717, 1.165) is 25.7 Å². The van der Waals surface area contributed by atoms with E-state index < -0.39 is 11.8 Å². The molecule has 33 heavy (non-hydrogen) atoms. The molecule has 2 aromatic rings. The van der Waals surface area contributed by atoms with E-state index in [-0.39, 0.29) is 61.4 Å². The summed E-state index contributed by atoms with van der Waals surface area (Å²) in [5, 5.41) is 8.09. The van der Waals surface area contributed by atoms with Crippen molar-refractivity contribution in [3.63, 3.8) is 0 Å². The molecule has 3 rings (SSSR count). The van der Waals surface area contributed by atoms with Gasteiger partial charge in [0.1, 0.15) is 17.3 Å². The first-order chi connectivity index (χ1) is 16.0. The molecule has 0 radical (unpaired) electrons. The Balaban J connectivity index is 1.51. The highest BCUT2D eigenvalue weighted by atomic mass is 32.1. The molecule has 0 spiro atoms. The number of carbonyl (C=O) groups excluding carboxylic acids is 3. The molecule has 1 aromatic heterocycles. The number of amides is 2. The van der Waals surface area contributed by atoms with E-state index in [1.54, 1.807) is 24.4 Å². The van der Waals surface area contributed by atoms with Gasteiger partial charge in [0.05, 0.1) is 13.0 Å². The smallest absolute Gasteiger partial charge is 0.306 e. The van der Waals surface area contributed by atoms with Crippen molar-refractivity contribution in [1.29, 1.82) is 0 Å². The number of halogens is 1. The molecule has 0 aliphatic heterocycles. The highest BCUT2D eigenvalue weighted by molar-refractivity contribution is 7.09. The summed E-state index contributed by atoms with van der Waals surface area (Å²) >= 11 is 1.26. The van der Waals surface area contributed by atoms with Gasteiger partial charge in [0.2, 0.25) is 5.91 Å². The first-order valence-electron chi connectivity index (χ1n) is 11.0. The van der Waals surface area contributed by atoms with Gasteiger partial charge in [-0.15, -0.1) is 11.3 Å². The number of aromatic nitrogens is 1. The number of rotatable bonds is 10. The van der Waals surface area contributed by atoms with Crippen LogP contribution in [0.3, 0.4) is 0 Å². The second-order valence-electron chi connectivity index (χ2n) is 7.69. The molecule has 0 saturated heterocycles. The maximum Gasteiger partial charge on any atom is 0.306 e. The normalized spacial score (nSPS) is 17.8. The molecule has 178 valence electrons. The number of para-hydroxylation sites is 1. The van der Waals surface area contributed by atoms with E-state index in [2.05, 4.69) is 15.6 Å². The third-order valence-electron chi connectivity index (χ3n) is 5.26. The molecule has 1 heterocycles. The van der Waals surface area contributed by atoms with Crippen molar-refractivity contribution >= 4 is 29.1 Å². The molecular weight excluding hydrogens is 449 g/mol. The number of ether oxygens (including phenoxy) is 2. The fourth-order valence-corrected chi connectivity index (χ4v) is 4.31. The average molecular weight is 478 g/mol. The van der Waals surface area contributed by atoms with Crippen LogP contribution in [0, 0.1) is 5.82 Å². The highest BCUT2D eigenvalue weighted by Crippen LogP contribution is 2.21. The van der Waals surface area contributed by atoms with Crippen LogP contribution in [0.1, 0.15) is 60.9 Å². The Labute approximate surface area is 195 Å². The van der Waals surface area contributed by atoms with Gasteiger partial charge in [-0.3, -0.25) is 14.4 Å². The summed E-state index contributed by atoms with van der Waals surface area (Å²) in [6, 6.07) is 5.66. The molecule has 2 N–H and O–H groups in total. The Morgan fingerprint density at radius 2 is 1.85 bits per heavy atom. The SMILES string of the molecule is CCOC(=O)CCC(=O)N[C@H]1CCCC[C@@H]1NC(=O)c1csc(COc2ccccc2F)n1. The molecule has 1 aliphatic rings. The Morgan fingerprint density at radius 3 is 2.58 bits per heavy atom. The lowest BCUT2D eigenvalue weighted by Crippen LogP contribution is -2.53. The van der Waals surface area contributed by atoms with Crippen LogP contribution in [0.4, 0.5) is 4.39 Å². The van der Waals surface area contributed by atoms with Gasteiger partial charge >= 0.3 is 5.97 Å². The molecule has 2 amide bonds. The summed E-state index contributed by atoms with van der Waals surface area (Å²) in [5.41, 5.74) is 0.255. The first kappa shape index (κ1) is 24.6. The largest absolute Gasteiger partial charge is 0.483 e. The van der Waals surface area contributed by atoms with Crippen molar-refractivity contribution in [1.82, 2.24) is 15.6 Å². The molecule has 8 nitrogen and oxygen atoms in total. The van der Waals surface area contributed by atoms with Gasteiger partial charge in [0, 0.05) is 23.9 Å². The third-order valence-corrected chi connectivity index (χ3v) is 6.08. The zero-order valence-electron chi connectivity index (χ0n) is 18.5. The van der Waals surface area contributed by atoms with E-state index in [4.69, 9.17) is 9.47 Å². The van der Waals surface area contributed by atoms with E-state index in [1.807, 2.05) is 0 Å². The summed E-state index contributed by atoms with van der Waals surface area (Å²) < 4.78 is 24.0. The van der Waals surface area contributed by atoms with Gasteiger partial charge in [-0.2, -0.15) is 0 Å². The predicted octanol–water partition coefficient (Wildman–Crippen LogP) is 3.36. The molecule has 1 aliphatic carbocycles. The van der Waals surface area contributed by atoms with Crippen LogP contribution in [0.5, 0.6) is 5.75 Å². The lowest BCUT2D eigenvalue weighted by atomic mass is 9.90. The minimum absolute atomic E-state index is 0.0277. The Morgan fingerprint density at radius 1 is 1.12 bits per heavy atom. The summed E-state index contributed by atoms with van der Waals surface area (Å²) in [7, 11) is 0. The van der Waals surface area contributed by atoms with Crippen molar-refractivity contribution in [3.05, 3.63) is 46.2 Å². The standard InChI is InChI=1S/C23H28FN3O5S/c1-2-31-22(29)12-11-20(28)25-16-8-4-5-9-17(16)27-23(30)18-14-33-21(26-18)13-32-19-10-6-3-7-15(19)24/h3,6-7,10,14,16-17H,2,4-5,8-9,11-13H2,1H3,(H,25,28)(H,27,30)/t16-,17-/m0/s1. The molecule has 10 heteroatoms. The van der Waals surface area contributed by atoms with Crippen LogP contribution in [-0.4, -0.2) is 41.5 Å². The van der Waals surface area contributed by atoms with Crippen molar-refractivity contribution in [2.75, 3.05) is 6.61 Å². The second-order valence-corrected chi connectivity index (χ2v) is 8.63. The fourth-order valence-electron chi connectivity index (χ4n) is 3.63. The summed E-state index contributed by atoms with van der Waals surface area (Å²) in [5.74, 6) is -1.31. The molecule has 0 bridgehead atoms. The third kappa shape index (κ3) is 7.52. The Bertz CT molecular complexity index is 967. The van der Waals surface area contributed by atoms with E-state index in [1.165, 1.54) is 23.5 Å². The molecular formula is C23H28FN3O5S. The molecule has 0 unspecified atom stereocenters. The van der Waals surface area contributed by atoms with Crippen LogP contribution in [0.15, 0.2) is 29.6 Å². The van der Waals surface area contributed by atoms with Gasteiger partial charge in [-0.1, -0.05) is 25.0 Å². The molecule has 2 atom stereocenters. The quantitative estimate of drug-likeness (QED) is 0.508. The van der Waals surface area contributed by atoms with E-state index >= 15 is 0 Å². The van der Waals surface area contributed by atoms with Gasteiger partial charge in [-0.05, 0) is 31.9 Å². The van der Waals surface area contributed by atoms with Gasteiger partial charge in [-0.25, -0.2) is 9.37 Å². The maximum atomic E-state index is 13.7. The van der Waals surface area contributed by atoms with Gasteiger partial charge < -0.3 is 20.1 Å². The molecule has 1 saturated carbocycles. The van der Waals surface area contributed by atoms with Crippen molar-refractivity contribution in [3.8, 4) is 5.75 Å². The van der Waals surface area contributed by atoms with Crippen molar-refractivity contribution in [2.24, 2.45) is 0 Å². The van der Waals surface area contributed by atoms with E-state index in [9.17, 15) is 18.8 Å². The fraction of sp³-hybridized carbons (Fsp3) is 0.478. The van der Waals surface area contributed by atoms with Gasteiger partial charge in [0.15, 0.2) is 11.6 Å². The number of hydrogen-bond donors (Lipinski definition) is 2. The molecule has 1 fully saturated rings. The highest BCUT2D eigenvalue weighted by Gasteiger charge is 2.28. The van der Waals surface area contributed by atoms with Crippen LogP contribution in [-0.2, 0) is 20.9 Å². The zero-order valence-corrected chi connectivity index (χ0v) is 19.3. The number of nitrogens with zero attached hydrogens (tertiary/aromatic N) is 1. The van der Waals surface area contributed by atoms with Crippen LogP contribution < -0.4 is 15.4 Å². The van der Waals surface area contributed by atoms with Gasteiger partial charge in [0.25, 0.3) is 5.91 Å². The average Bonchev–Trinajstić information content (AvgIpc) is 3.28. The summed E-state index contributed by atoms with van der Waals surface area (Å²) in [6.07, 6.45) is 3.45. The maximum absolute atomic E-state index is 13.7. The Hall–Kier alpha value is -3.01. The second kappa shape index (κ2) is 12.3. The van der Waals surface area contributed by atoms with Crippen LogP contribution in [0.2, 0.25) is 0 Å². The molecule has 1 aromatic carbocycles. The van der Waals surface area contributed by atoms with E-state index in [0.29, 0.717) is 5.01 Å². The topological polar surface area (TPSA) is 107 Å². The minimum Gasteiger partial charge on any atom is -0.483 e. The lowest BCUT2D eigenvalue weighted by molar-refractivity contribution is -0.144. The summed E-state index contributed by atoms with van der Waals surface area (Å²) in [4.78, 5) is 40.7. The van der Waals surface area contributed by atoms with Crippen LogP contribution >= 0.6 is 11.3 Å². The minimum atomic E-state index is -0.459. The number of carbonyl (C=O) groups is 3. The number of esters is 1. The number of hydrogen-bond acceptors (Lipinski definition) is 7.